The molecule has 1 aromatic heterocycles. The number of nitrogens with one attached hydrogen (secondary N) is 1. The van der Waals surface area contributed by atoms with Crippen molar-refractivity contribution in [1.82, 2.24) is 15.5 Å². The van der Waals surface area contributed by atoms with Gasteiger partial charge in [0.15, 0.2) is 0 Å². The molecule has 6 nitrogen and oxygen atoms in total. The van der Waals surface area contributed by atoms with E-state index < -0.39 is 0 Å². The maximum atomic E-state index is 5.57. The third-order valence-electron chi connectivity index (χ3n) is 2.78. The molecular formula is C12H22N4O2. The Balaban J connectivity index is 1.73. The highest BCUT2D eigenvalue weighted by Gasteiger charge is 2.21. The van der Waals surface area contributed by atoms with Crippen molar-refractivity contribution in [1.29, 1.82) is 0 Å². The van der Waals surface area contributed by atoms with Gasteiger partial charge in [-0.2, -0.15) is 0 Å². The number of aromatic nitrogens is 2. The Hall–Kier alpha value is -1.14. The minimum absolute atomic E-state index is 0.249. The fraction of sp³-hybridized carbons (Fsp3) is 0.833. The first-order valence-corrected chi connectivity index (χ1v) is 6.53. The van der Waals surface area contributed by atoms with Crippen molar-refractivity contribution in [2.45, 2.75) is 45.4 Å². The highest BCUT2D eigenvalue weighted by atomic mass is 16.5. The Labute approximate surface area is 108 Å². The molecule has 0 unspecified atom stereocenters. The molecule has 102 valence electrons. The van der Waals surface area contributed by atoms with E-state index >= 15 is 0 Å². The highest BCUT2D eigenvalue weighted by molar-refractivity contribution is 5.21. The second-order valence-electron chi connectivity index (χ2n) is 4.97. The normalized spacial score (nSPS) is 15.3. The molecule has 0 aliphatic heterocycles. The molecule has 6 heteroatoms. The zero-order valence-electron chi connectivity index (χ0n) is 11.3. The zero-order valence-corrected chi connectivity index (χ0v) is 11.3. The Kier molecular flexibility index (Phi) is 4.54. The Morgan fingerprint density at radius 1 is 1.44 bits per heavy atom. The summed E-state index contributed by atoms with van der Waals surface area (Å²) in [6.45, 7) is 6.11. The van der Waals surface area contributed by atoms with Gasteiger partial charge < -0.3 is 19.4 Å². The second-order valence-corrected chi connectivity index (χ2v) is 4.97. The van der Waals surface area contributed by atoms with Gasteiger partial charge in [-0.15, -0.1) is 5.10 Å². The van der Waals surface area contributed by atoms with Crippen LogP contribution in [0.3, 0.4) is 0 Å². The van der Waals surface area contributed by atoms with Crippen LogP contribution in [-0.4, -0.2) is 42.5 Å². The van der Waals surface area contributed by atoms with Crippen molar-refractivity contribution in [3.05, 3.63) is 5.89 Å². The molecule has 0 bridgehead atoms. The van der Waals surface area contributed by atoms with E-state index in [0.717, 1.165) is 6.54 Å². The number of rotatable bonds is 8. The average Bonchev–Trinajstić information content (AvgIpc) is 3.03. The van der Waals surface area contributed by atoms with E-state index in [1.807, 2.05) is 25.8 Å². The fourth-order valence-corrected chi connectivity index (χ4v) is 1.51. The molecule has 0 amide bonds. The summed E-state index contributed by atoms with van der Waals surface area (Å²) < 4.78 is 11.1. The van der Waals surface area contributed by atoms with Crippen molar-refractivity contribution in [2.75, 3.05) is 25.1 Å². The van der Waals surface area contributed by atoms with Crippen LogP contribution in [0.2, 0.25) is 0 Å². The van der Waals surface area contributed by atoms with Crippen molar-refractivity contribution < 1.29 is 9.15 Å². The first kappa shape index (κ1) is 13.3. The molecular weight excluding hydrogens is 232 g/mol. The molecule has 1 fully saturated rings. The number of hydrogen-bond donors (Lipinski definition) is 1. The SMILES string of the molecule is CC(C)OCCN(C)c1nnc(CNC2CC2)o1. The minimum atomic E-state index is 0.249. The van der Waals surface area contributed by atoms with Crippen molar-refractivity contribution in [3.8, 4) is 0 Å². The van der Waals surface area contributed by atoms with Gasteiger partial charge in [-0.25, -0.2) is 0 Å². The summed E-state index contributed by atoms with van der Waals surface area (Å²) in [5.41, 5.74) is 0. The number of nitrogens with zero attached hydrogens (tertiary/aromatic N) is 3. The maximum absolute atomic E-state index is 5.57. The first-order valence-electron chi connectivity index (χ1n) is 6.53. The van der Waals surface area contributed by atoms with Gasteiger partial charge in [-0.3, -0.25) is 0 Å². The van der Waals surface area contributed by atoms with E-state index in [0.29, 0.717) is 31.1 Å². The molecule has 1 N–H and O–H groups in total. The van der Waals surface area contributed by atoms with Gasteiger partial charge in [0.25, 0.3) is 0 Å². The van der Waals surface area contributed by atoms with Gasteiger partial charge in [0.2, 0.25) is 5.89 Å². The van der Waals surface area contributed by atoms with E-state index in [9.17, 15) is 0 Å². The van der Waals surface area contributed by atoms with Crippen LogP contribution in [0, 0.1) is 0 Å². The summed E-state index contributed by atoms with van der Waals surface area (Å²) >= 11 is 0. The largest absolute Gasteiger partial charge is 0.407 e. The predicted molar refractivity (Wildman–Crippen MR) is 68.5 cm³/mol. The van der Waals surface area contributed by atoms with Gasteiger partial charge >= 0.3 is 6.01 Å². The Morgan fingerprint density at radius 2 is 2.22 bits per heavy atom. The highest BCUT2D eigenvalue weighted by Crippen LogP contribution is 2.19. The summed E-state index contributed by atoms with van der Waals surface area (Å²) in [5, 5.41) is 11.4. The monoisotopic (exact) mass is 254 g/mol. The number of ether oxygens (including phenoxy) is 1. The van der Waals surface area contributed by atoms with Crippen LogP contribution in [0.15, 0.2) is 4.42 Å². The zero-order chi connectivity index (χ0) is 13.0. The Bertz CT molecular complexity index is 363. The topological polar surface area (TPSA) is 63.4 Å². The molecule has 2 rings (SSSR count). The van der Waals surface area contributed by atoms with Gasteiger partial charge in [0.1, 0.15) is 0 Å². The molecule has 1 aliphatic carbocycles. The van der Waals surface area contributed by atoms with Crippen molar-refractivity contribution >= 4 is 6.01 Å². The lowest BCUT2D eigenvalue weighted by molar-refractivity contribution is 0.0841. The molecule has 1 aliphatic rings. The summed E-state index contributed by atoms with van der Waals surface area (Å²) in [4.78, 5) is 1.91. The lowest BCUT2D eigenvalue weighted by Crippen LogP contribution is -2.24. The lowest BCUT2D eigenvalue weighted by Gasteiger charge is -2.14. The van der Waals surface area contributed by atoms with Gasteiger partial charge in [0, 0.05) is 19.6 Å². The first-order chi connectivity index (χ1) is 8.65. The lowest BCUT2D eigenvalue weighted by atomic mass is 10.5. The molecule has 0 radical (unpaired) electrons. The van der Waals surface area contributed by atoms with Crippen LogP contribution in [-0.2, 0) is 11.3 Å². The second kappa shape index (κ2) is 6.15. The van der Waals surface area contributed by atoms with Crippen molar-refractivity contribution in [3.63, 3.8) is 0 Å². The number of likely N-dealkylation sites (N-methyl/N-ethyl adjacent to an activating group) is 1. The summed E-state index contributed by atoms with van der Waals surface area (Å²) in [6.07, 6.45) is 2.76. The van der Waals surface area contributed by atoms with E-state index in [2.05, 4.69) is 15.5 Å². The van der Waals surface area contributed by atoms with E-state index in [1.54, 1.807) is 0 Å². The van der Waals surface area contributed by atoms with Crippen LogP contribution in [0.4, 0.5) is 6.01 Å². The third-order valence-corrected chi connectivity index (χ3v) is 2.78. The van der Waals surface area contributed by atoms with Gasteiger partial charge in [-0.05, 0) is 26.7 Å². The molecule has 0 spiro atoms. The summed E-state index contributed by atoms with van der Waals surface area (Å²) in [7, 11) is 1.93. The molecule has 1 saturated carbocycles. The summed E-state index contributed by atoms with van der Waals surface area (Å²) in [5.74, 6) is 0.647. The average molecular weight is 254 g/mol. The van der Waals surface area contributed by atoms with Gasteiger partial charge in [0.05, 0.1) is 19.3 Å². The van der Waals surface area contributed by atoms with Crippen LogP contribution in [0.25, 0.3) is 0 Å². The maximum Gasteiger partial charge on any atom is 0.318 e. The van der Waals surface area contributed by atoms with Crippen molar-refractivity contribution in [2.24, 2.45) is 0 Å². The van der Waals surface area contributed by atoms with Crippen LogP contribution in [0.1, 0.15) is 32.6 Å². The number of hydrogen-bond acceptors (Lipinski definition) is 6. The van der Waals surface area contributed by atoms with E-state index in [-0.39, 0.29) is 6.10 Å². The third kappa shape index (κ3) is 4.27. The predicted octanol–water partition coefficient (Wildman–Crippen LogP) is 1.18. The number of anilines is 1. The van der Waals surface area contributed by atoms with Gasteiger partial charge in [-0.1, -0.05) is 5.10 Å². The fourth-order valence-electron chi connectivity index (χ4n) is 1.51. The molecule has 1 heterocycles. The smallest absolute Gasteiger partial charge is 0.318 e. The molecule has 0 aromatic carbocycles. The Morgan fingerprint density at radius 3 is 2.89 bits per heavy atom. The quantitative estimate of drug-likeness (QED) is 0.751. The standard InChI is InChI=1S/C12H22N4O2/c1-9(2)17-7-6-16(3)12-15-14-11(18-12)8-13-10-4-5-10/h9-10,13H,4-8H2,1-3H3. The van der Waals surface area contributed by atoms with Crippen LogP contribution >= 0.6 is 0 Å². The summed E-state index contributed by atoms with van der Waals surface area (Å²) in [6, 6.07) is 1.20. The molecule has 18 heavy (non-hydrogen) atoms. The van der Waals surface area contributed by atoms with Crippen LogP contribution < -0.4 is 10.2 Å². The molecule has 0 saturated heterocycles. The van der Waals surface area contributed by atoms with E-state index in [1.165, 1.54) is 12.8 Å². The molecule has 1 aromatic rings. The van der Waals surface area contributed by atoms with E-state index in [4.69, 9.17) is 9.15 Å². The van der Waals surface area contributed by atoms with Crippen LogP contribution in [0.5, 0.6) is 0 Å². The molecule has 0 atom stereocenters. The minimum Gasteiger partial charge on any atom is -0.407 e.